The Balaban J connectivity index is 0.00000392. The number of likely N-dealkylation sites (N-methyl/N-ethyl adjacent to an activating group) is 2. The molecule has 8 nitrogen and oxygen atoms in total. The fourth-order valence-electron chi connectivity index (χ4n) is 2.65. The molecule has 1 heterocycles. The van der Waals surface area contributed by atoms with Crippen molar-refractivity contribution in [2.45, 2.75) is 12.6 Å². The number of rotatable bonds is 9. The predicted molar refractivity (Wildman–Crippen MR) is 119 cm³/mol. The van der Waals surface area contributed by atoms with Gasteiger partial charge in [0, 0.05) is 44.0 Å². The van der Waals surface area contributed by atoms with Crippen molar-refractivity contribution in [3.05, 3.63) is 53.3 Å². The van der Waals surface area contributed by atoms with Crippen molar-refractivity contribution >= 4 is 36.6 Å². The van der Waals surface area contributed by atoms with E-state index in [2.05, 4.69) is 21.0 Å². The Hall–Kier alpha value is -2.13. The van der Waals surface area contributed by atoms with E-state index in [0.29, 0.717) is 18.7 Å². The molecule has 1 unspecified atom stereocenters. The lowest BCUT2D eigenvalue weighted by Crippen LogP contribution is -2.35. The molecule has 162 valence electrons. The average Bonchev–Trinajstić information content (AvgIpc) is 3.06. The molecule has 0 saturated carbocycles. The fraction of sp³-hybridized carbons (Fsp3) is 0.421. The van der Waals surface area contributed by atoms with E-state index in [1.165, 1.54) is 0 Å². The van der Waals surface area contributed by atoms with Crippen LogP contribution in [0, 0.1) is 0 Å². The molecule has 1 atom stereocenters. The number of halogens is 2. The second-order valence-corrected chi connectivity index (χ2v) is 6.65. The number of aromatic nitrogens is 2. The molecule has 2 aromatic rings. The number of hydrogen-bond acceptors (Lipinski definition) is 5. The van der Waals surface area contributed by atoms with E-state index in [1.807, 2.05) is 38.2 Å². The van der Waals surface area contributed by atoms with Gasteiger partial charge in [-0.25, -0.2) is 0 Å². The molecule has 10 heteroatoms. The number of amides is 2. The summed E-state index contributed by atoms with van der Waals surface area (Å²) in [6.07, 6.45) is 3.47. The zero-order chi connectivity index (χ0) is 19.8. The fourth-order valence-corrected chi connectivity index (χ4v) is 2.65. The van der Waals surface area contributed by atoms with E-state index in [-0.39, 0.29) is 36.6 Å². The van der Waals surface area contributed by atoms with E-state index in [0.717, 1.165) is 17.7 Å². The van der Waals surface area contributed by atoms with Crippen LogP contribution in [0.5, 0.6) is 0 Å². The number of hydrogen-bond donors (Lipinski definition) is 3. The normalized spacial score (nSPS) is 11.2. The topological polar surface area (TPSA) is 91.3 Å². The van der Waals surface area contributed by atoms with Crippen LogP contribution >= 0.6 is 24.8 Å². The maximum absolute atomic E-state index is 12.5. The standard InChI is InChI=1S/C19H28N6O2.2ClH/c1-20-17(16-12-23-25(4)13-16)19(27)22-11-14-6-5-7-15(10-14)18(26)21-8-9-24(2)3;;/h5-7,10,12-13,17,20H,8-9,11H2,1-4H3,(H,21,26)(H,22,27);2*1H. The van der Waals surface area contributed by atoms with Crippen molar-refractivity contribution in [3.8, 4) is 0 Å². The number of nitrogens with zero attached hydrogens (tertiary/aromatic N) is 3. The Morgan fingerprint density at radius 1 is 1.21 bits per heavy atom. The van der Waals surface area contributed by atoms with Crippen LogP contribution in [0.4, 0.5) is 0 Å². The Morgan fingerprint density at radius 2 is 1.93 bits per heavy atom. The second kappa shape index (κ2) is 13.2. The van der Waals surface area contributed by atoms with Crippen LogP contribution in [0.15, 0.2) is 36.7 Å². The molecule has 0 bridgehead atoms. The number of carbonyl (C=O) groups excluding carboxylic acids is 2. The summed E-state index contributed by atoms with van der Waals surface area (Å²) in [6, 6.07) is 6.79. The SMILES string of the molecule is CNC(C(=O)NCc1cccc(C(=O)NCCN(C)C)c1)c1cnn(C)c1.Cl.Cl. The van der Waals surface area contributed by atoms with Gasteiger partial charge in [0.15, 0.2) is 0 Å². The van der Waals surface area contributed by atoms with E-state index in [1.54, 1.807) is 36.3 Å². The smallest absolute Gasteiger partial charge is 0.251 e. The van der Waals surface area contributed by atoms with Crippen molar-refractivity contribution < 1.29 is 9.59 Å². The summed E-state index contributed by atoms with van der Waals surface area (Å²) >= 11 is 0. The summed E-state index contributed by atoms with van der Waals surface area (Å²) in [7, 11) is 7.46. The van der Waals surface area contributed by atoms with Crippen molar-refractivity contribution in [3.63, 3.8) is 0 Å². The van der Waals surface area contributed by atoms with Gasteiger partial charge in [0.25, 0.3) is 5.91 Å². The van der Waals surface area contributed by atoms with Crippen LogP contribution in [-0.4, -0.2) is 60.7 Å². The summed E-state index contributed by atoms with van der Waals surface area (Å²) < 4.78 is 1.66. The lowest BCUT2D eigenvalue weighted by atomic mass is 10.1. The number of nitrogens with one attached hydrogen (secondary N) is 3. The Kier molecular flexibility index (Phi) is 12.2. The molecule has 2 rings (SSSR count). The van der Waals surface area contributed by atoms with Crippen molar-refractivity contribution in [2.75, 3.05) is 34.2 Å². The highest BCUT2D eigenvalue weighted by Crippen LogP contribution is 2.12. The van der Waals surface area contributed by atoms with Crippen molar-refractivity contribution in [2.24, 2.45) is 7.05 Å². The highest BCUT2D eigenvalue weighted by Gasteiger charge is 2.19. The van der Waals surface area contributed by atoms with Gasteiger partial charge in [-0.3, -0.25) is 14.3 Å². The third-order valence-corrected chi connectivity index (χ3v) is 4.11. The van der Waals surface area contributed by atoms with Gasteiger partial charge >= 0.3 is 0 Å². The summed E-state index contributed by atoms with van der Waals surface area (Å²) in [4.78, 5) is 26.7. The lowest BCUT2D eigenvalue weighted by Gasteiger charge is -2.15. The highest BCUT2D eigenvalue weighted by atomic mass is 35.5. The van der Waals surface area contributed by atoms with Gasteiger partial charge in [0.1, 0.15) is 6.04 Å². The molecular weight excluding hydrogens is 415 g/mol. The third kappa shape index (κ3) is 8.41. The van der Waals surface area contributed by atoms with Gasteiger partial charge in [-0.15, -0.1) is 24.8 Å². The molecule has 0 aliphatic heterocycles. The maximum atomic E-state index is 12.5. The van der Waals surface area contributed by atoms with Crippen LogP contribution in [0.25, 0.3) is 0 Å². The van der Waals surface area contributed by atoms with E-state index in [9.17, 15) is 9.59 Å². The zero-order valence-corrected chi connectivity index (χ0v) is 18.8. The zero-order valence-electron chi connectivity index (χ0n) is 17.1. The minimum Gasteiger partial charge on any atom is -0.351 e. The monoisotopic (exact) mass is 444 g/mol. The molecular formula is C19H30Cl2N6O2. The molecule has 0 aliphatic rings. The van der Waals surface area contributed by atoms with Crippen LogP contribution < -0.4 is 16.0 Å². The van der Waals surface area contributed by atoms with E-state index >= 15 is 0 Å². The first-order valence-electron chi connectivity index (χ1n) is 8.86. The lowest BCUT2D eigenvalue weighted by molar-refractivity contribution is -0.123. The minimum absolute atomic E-state index is 0. The third-order valence-electron chi connectivity index (χ3n) is 4.11. The molecule has 0 spiro atoms. The first-order chi connectivity index (χ1) is 12.9. The van der Waals surface area contributed by atoms with Gasteiger partial charge in [0.2, 0.25) is 5.91 Å². The van der Waals surface area contributed by atoms with E-state index < -0.39 is 6.04 Å². The Morgan fingerprint density at radius 3 is 2.52 bits per heavy atom. The molecule has 1 aromatic carbocycles. The second-order valence-electron chi connectivity index (χ2n) is 6.65. The first kappa shape index (κ1) is 26.9. The molecule has 1 aromatic heterocycles. The maximum Gasteiger partial charge on any atom is 0.251 e. The summed E-state index contributed by atoms with van der Waals surface area (Å²) in [5.41, 5.74) is 2.24. The highest BCUT2D eigenvalue weighted by molar-refractivity contribution is 5.94. The molecule has 0 aliphatic carbocycles. The van der Waals surface area contributed by atoms with Gasteiger partial charge in [-0.1, -0.05) is 12.1 Å². The minimum atomic E-state index is -0.476. The molecule has 0 fully saturated rings. The molecule has 3 N–H and O–H groups in total. The van der Waals surface area contributed by atoms with Crippen LogP contribution in [0.1, 0.15) is 27.5 Å². The van der Waals surface area contributed by atoms with Crippen molar-refractivity contribution in [1.82, 2.24) is 30.6 Å². The number of aryl methyl sites for hydroxylation is 1. The average molecular weight is 445 g/mol. The van der Waals surface area contributed by atoms with Crippen LogP contribution in [-0.2, 0) is 18.4 Å². The summed E-state index contributed by atoms with van der Waals surface area (Å²) in [5, 5.41) is 12.9. The number of carbonyl (C=O) groups is 2. The molecule has 29 heavy (non-hydrogen) atoms. The van der Waals surface area contributed by atoms with Gasteiger partial charge in [-0.2, -0.15) is 5.10 Å². The quantitative estimate of drug-likeness (QED) is 0.539. The van der Waals surface area contributed by atoms with Gasteiger partial charge in [0.05, 0.1) is 6.20 Å². The van der Waals surface area contributed by atoms with Gasteiger partial charge in [-0.05, 0) is 38.8 Å². The molecule has 0 radical (unpaired) electrons. The largest absolute Gasteiger partial charge is 0.351 e. The molecule has 0 saturated heterocycles. The van der Waals surface area contributed by atoms with Crippen LogP contribution in [0.2, 0.25) is 0 Å². The summed E-state index contributed by atoms with van der Waals surface area (Å²) in [6.45, 7) is 1.71. The van der Waals surface area contributed by atoms with Crippen molar-refractivity contribution in [1.29, 1.82) is 0 Å². The Bertz CT molecular complexity index is 782. The summed E-state index contributed by atoms with van der Waals surface area (Å²) in [5.74, 6) is -0.264. The van der Waals surface area contributed by atoms with E-state index in [4.69, 9.17) is 0 Å². The number of benzene rings is 1. The van der Waals surface area contributed by atoms with Gasteiger partial charge < -0.3 is 20.9 Å². The van der Waals surface area contributed by atoms with Crippen LogP contribution in [0.3, 0.4) is 0 Å². The molecule has 2 amide bonds. The predicted octanol–water partition coefficient (Wildman–Crippen LogP) is 1.13. The Labute approximate surface area is 184 Å². The first-order valence-corrected chi connectivity index (χ1v) is 8.86.